The second-order valence-electron chi connectivity index (χ2n) is 11.5. The number of benzene rings is 3. The molecule has 0 fully saturated rings. The summed E-state index contributed by atoms with van der Waals surface area (Å²) in [5.41, 5.74) is 2.69. The third kappa shape index (κ3) is 6.11. The Morgan fingerprint density at radius 1 is 0.976 bits per heavy atom. The molecule has 1 aromatic heterocycles. The van der Waals surface area contributed by atoms with E-state index >= 15 is 0 Å². The first-order valence-electron chi connectivity index (χ1n) is 13.7. The van der Waals surface area contributed by atoms with Crippen LogP contribution in [0.3, 0.4) is 0 Å². The van der Waals surface area contributed by atoms with Gasteiger partial charge in [-0.15, -0.1) is 0 Å². The van der Waals surface area contributed by atoms with Gasteiger partial charge in [-0.05, 0) is 35.2 Å². The highest BCUT2D eigenvalue weighted by Crippen LogP contribution is 2.33. The molecular weight excluding hydrogens is 519 g/mol. The number of carbonyl (C=O) groups excluding carboxylic acids is 3. The fourth-order valence-corrected chi connectivity index (χ4v) is 5.20. The van der Waals surface area contributed by atoms with Gasteiger partial charge in [-0.1, -0.05) is 75.4 Å². The average molecular weight is 553 g/mol. The molecule has 4 aromatic rings. The largest absolute Gasteiger partial charge is 0.352 e. The van der Waals surface area contributed by atoms with E-state index in [0.29, 0.717) is 28.6 Å². The van der Waals surface area contributed by atoms with Crippen molar-refractivity contribution in [3.8, 4) is 0 Å². The van der Waals surface area contributed by atoms with E-state index in [2.05, 4.69) is 10.3 Å². The summed E-state index contributed by atoms with van der Waals surface area (Å²) in [6.45, 7) is 6.63. The predicted molar refractivity (Wildman–Crippen MR) is 157 cm³/mol. The number of hydrogen-bond acceptors (Lipinski definition) is 4. The van der Waals surface area contributed by atoms with Crippen LogP contribution in [0.15, 0.2) is 85.1 Å². The van der Waals surface area contributed by atoms with Crippen molar-refractivity contribution in [1.29, 1.82) is 0 Å². The van der Waals surface area contributed by atoms with Crippen LogP contribution in [0.4, 0.5) is 10.1 Å². The Bertz CT molecular complexity index is 1610. The van der Waals surface area contributed by atoms with E-state index in [4.69, 9.17) is 0 Å². The van der Waals surface area contributed by atoms with Gasteiger partial charge in [0.05, 0.1) is 17.5 Å². The van der Waals surface area contributed by atoms with Gasteiger partial charge in [-0.3, -0.25) is 19.4 Å². The van der Waals surface area contributed by atoms with E-state index < -0.39 is 17.8 Å². The Kier molecular flexibility index (Phi) is 7.83. The van der Waals surface area contributed by atoms with Crippen LogP contribution >= 0.6 is 0 Å². The molecule has 7 nitrogen and oxygen atoms in total. The fourth-order valence-electron chi connectivity index (χ4n) is 5.20. The lowest BCUT2D eigenvalue weighted by Gasteiger charge is -2.34. The highest BCUT2D eigenvalue weighted by Gasteiger charge is 2.40. The van der Waals surface area contributed by atoms with Crippen LogP contribution in [0.25, 0.3) is 10.9 Å². The highest BCUT2D eigenvalue weighted by molar-refractivity contribution is 6.10. The van der Waals surface area contributed by atoms with Crippen molar-refractivity contribution in [2.75, 3.05) is 11.4 Å². The van der Waals surface area contributed by atoms with Gasteiger partial charge in [0, 0.05) is 42.5 Å². The number of hydrogen-bond donors (Lipinski definition) is 1. The van der Waals surface area contributed by atoms with Gasteiger partial charge in [0.1, 0.15) is 11.9 Å². The predicted octanol–water partition coefficient (Wildman–Crippen LogP) is 5.48. The third-order valence-corrected chi connectivity index (χ3v) is 7.14. The van der Waals surface area contributed by atoms with Crippen LogP contribution in [0.1, 0.15) is 48.7 Å². The minimum Gasteiger partial charge on any atom is -0.352 e. The number of pyridine rings is 1. The normalized spacial score (nSPS) is 15.4. The zero-order valence-electron chi connectivity index (χ0n) is 23.4. The number of nitrogens with one attached hydrogen (secondary N) is 1. The molecule has 1 atom stereocenters. The van der Waals surface area contributed by atoms with E-state index in [9.17, 15) is 18.8 Å². The summed E-state index contributed by atoms with van der Waals surface area (Å²) in [4.78, 5) is 49.5. The molecule has 41 heavy (non-hydrogen) atoms. The van der Waals surface area contributed by atoms with E-state index in [1.807, 2.05) is 69.3 Å². The quantitative estimate of drug-likeness (QED) is 0.343. The van der Waals surface area contributed by atoms with Crippen LogP contribution < -0.4 is 10.2 Å². The second-order valence-corrected chi connectivity index (χ2v) is 11.5. The van der Waals surface area contributed by atoms with Gasteiger partial charge < -0.3 is 15.1 Å². The minimum atomic E-state index is -1.08. The van der Waals surface area contributed by atoms with E-state index in [-0.39, 0.29) is 36.7 Å². The van der Waals surface area contributed by atoms with Crippen molar-refractivity contribution in [2.24, 2.45) is 5.41 Å². The summed E-state index contributed by atoms with van der Waals surface area (Å²) in [5, 5.41) is 3.41. The number of rotatable bonds is 6. The van der Waals surface area contributed by atoms with Crippen molar-refractivity contribution in [2.45, 2.75) is 46.3 Å². The molecule has 0 spiro atoms. The van der Waals surface area contributed by atoms with E-state index in [1.54, 1.807) is 35.4 Å². The molecule has 3 aromatic carbocycles. The van der Waals surface area contributed by atoms with E-state index in [1.165, 1.54) is 11.0 Å². The van der Waals surface area contributed by atoms with Crippen molar-refractivity contribution < 1.29 is 18.8 Å². The van der Waals surface area contributed by atoms with Crippen molar-refractivity contribution in [3.63, 3.8) is 0 Å². The molecule has 210 valence electrons. The van der Waals surface area contributed by atoms with Crippen LogP contribution in [0, 0.1) is 11.2 Å². The molecule has 8 heteroatoms. The first-order chi connectivity index (χ1) is 19.6. The van der Waals surface area contributed by atoms with Crippen molar-refractivity contribution in [1.82, 2.24) is 15.2 Å². The summed E-state index contributed by atoms with van der Waals surface area (Å²) in [6, 6.07) is 21.6. The number of amides is 3. The van der Waals surface area contributed by atoms with Gasteiger partial charge >= 0.3 is 0 Å². The molecule has 0 radical (unpaired) electrons. The number of anilines is 1. The third-order valence-electron chi connectivity index (χ3n) is 7.14. The summed E-state index contributed by atoms with van der Waals surface area (Å²) in [7, 11) is 0. The van der Waals surface area contributed by atoms with Gasteiger partial charge in [-0.2, -0.15) is 0 Å². The standard InChI is InChI=1S/C33H33FN4O3/c1-33(2,3)21-38-28-15-9-5-11-23(28)20-37(31(40)25-16-17-35-27-14-8-6-12-24(25)27)29(32(38)41)18-30(39)36-19-22-10-4-7-13-26(22)34/h4-17,29H,18-21H2,1-3H3,(H,36,39). The topological polar surface area (TPSA) is 82.6 Å². The lowest BCUT2D eigenvalue weighted by Crippen LogP contribution is -2.52. The Morgan fingerprint density at radius 2 is 1.68 bits per heavy atom. The monoisotopic (exact) mass is 552 g/mol. The summed E-state index contributed by atoms with van der Waals surface area (Å²) >= 11 is 0. The highest BCUT2D eigenvalue weighted by atomic mass is 19.1. The number of para-hydroxylation sites is 2. The molecule has 3 amide bonds. The molecule has 0 bridgehead atoms. The molecule has 2 heterocycles. The smallest absolute Gasteiger partial charge is 0.255 e. The Labute approximate surface area is 239 Å². The van der Waals surface area contributed by atoms with Crippen LogP contribution in [-0.4, -0.2) is 40.2 Å². The summed E-state index contributed by atoms with van der Waals surface area (Å²) < 4.78 is 14.2. The van der Waals surface area contributed by atoms with Gasteiger partial charge in [0.25, 0.3) is 5.91 Å². The summed E-state index contributed by atoms with van der Waals surface area (Å²) in [5.74, 6) is -1.58. The van der Waals surface area contributed by atoms with Crippen molar-refractivity contribution >= 4 is 34.3 Å². The first-order valence-corrected chi connectivity index (χ1v) is 13.7. The van der Waals surface area contributed by atoms with Gasteiger partial charge in [0.15, 0.2) is 0 Å². The van der Waals surface area contributed by atoms with Crippen LogP contribution in [-0.2, 0) is 22.7 Å². The van der Waals surface area contributed by atoms with Gasteiger partial charge in [0.2, 0.25) is 11.8 Å². The summed E-state index contributed by atoms with van der Waals surface area (Å²) in [6.07, 6.45) is 1.31. The Morgan fingerprint density at radius 3 is 2.46 bits per heavy atom. The lowest BCUT2D eigenvalue weighted by molar-refractivity contribution is -0.129. The van der Waals surface area contributed by atoms with Crippen LogP contribution in [0.2, 0.25) is 0 Å². The maximum Gasteiger partial charge on any atom is 0.255 e. The maximum absolute atomic E-state index is 14.3. The maximum atomic E-state index is 14.3. The second kappa shape index (κ2) is 11.5. The average Bonchev–Trinajstić information content (AvgIpc) is 3.06. The molecule has 0 aliphatic carbocycles. The number of carbonyl (C=O) groups is 3. The first kappa shape index (κ1) is 28.0. The van der Waals surface area contributed by atoms with Crippen LogP contribution in [0.5, 0.6) is 0 Å². The zero-order valence-corrected chi connectivity index (χ0v) is 23.4. The molecule has 1 unspecified atom stereocenters. The zero-order chi connectivity index (χ0) is 29.1. The van der Waals surface area contributed by atoms with Gasteiger partial charge in [-0.25, -0.2) is 4.39 Å². The number of halogens is 1. The van der Waals surface area contributed by atoms with E-state index in [0.717, 1.165) is 11.3 Å². The minimum absolute atomic E-state index is 0.0265. The van der Waals surface area contributed by atoms with Crippen molar-refractivity contribution in [3.05, 3.63) is 108 Å². The SMILES string of the molecule is CC(C)(C)CN1C(=O)C(CC(=O)NCc2ccccc2F)N(C(=O)c2ccnc3ccccc23)Cc2ccccc21. The molecule has 0 saturated heterocycles. The molecule has 0 saturated carbocycles. The molecule has 1 aliphatic rings. The lowest BCUT2D eigenvalue weighted by atomic mass is 9.95. The number of nitrogens with zero attached hydrogens (tertiary/aromatic N) is 3. The molecular formula is C33H33FN4O3. The Hall–Kier alpha value is -4.59. The molecule has 1 N–H and O–H groups in total. The molecule has 5 rings (SSSR count). The number of fused-ring (bicyclic) bond motifs is 2. The Balaban J connectivity index is 1.54. The number of aromatic nitrogens is 1. The molecule has 1 aliphatic heterocycles. The fraction of sp³-hybridized carbons (Fsp3) is 0.273.